The van der Waals surface area contributed by atoms with Crippen LogP contribution in [0.4, 0.5) is 0 Å². The van der Waals surface area contributed by atoms with Crippen molar-refractivity contribution in [3.63, 3.8) is 0 Å². The fourth-order valence-electron chi connectivity index (χ4n) is 2.60. The normalized spacial score (nSPS) is 10.8. The molecule has 0 N–H and O–H groups in total. The summed E-state index contributed by atoms with van der Waals surface area (Å²) in [7, 11) is 0. The van der Waals surface area contributed by atoms with Crippen molar-refractivity contribution in [1.82, 2.24) is 9.55 Å². The highest BCUT2D eigenvalue weighted by atomic mass is 16.5. The quantitative estimate of drug-likeness (QED) is 0.699. The summed E-state index contributed by atoms with van der Waals surface area (Å²) in [5, 5.41) is 0.629. The number of aryl methyl sites for hydroxylation is 1. The van der Waals surface area contributed by atoms with E-state index in [-0.39, 0.29) is 5.56 Å². The van der Waals surface area contributed by atoms with Crippen LogP contribution in [0.1, 0.15) is 12.7 Å². The van der Waals surface area contributed by atoms with Crippen molar-refractivity contribution in [1.29, 1.82) is 0 Å². The van der Waals surface area contributed by atoms with E-state index in [1.807, 2.05) is 56.3 Å². The van der Waals surface area contributed by atoms with E-state index in [1.165, 1.54) is 0 Å². The highest BCUT2D eigenvalue weighted by Crippen LogP contribution is 2.17. The maximum Gasteiger partial charge on any atom is 0.261 e. The van der Waals surface area contributed by atoms with Gasteiger partial charge in [-0.15, -0.1) is 0 Å². The van der Waals surface area contributed by atoms with Crippen LogP contribution in [0.25, 0.3) is 10.9 Å². The summed E-state index contributed by atoms with van der Waals surface area (Å²) < 4.78 is 12.8. The molecule has 0 saturated heterocycles. The number of fused-ring (bicyclic) bond motifs is 1. The summed E-state index contributed by atoms with van der Waals surface area (Å²) in [4.78, 5) is 17.0. The largest absolute Gasteiger partial charge is 0.494 e. The lowest BCUT2D eigenvalue weighted by Crippen LogP contribution is -2.26. The van der Waals surface area contributed by atoms with Crippen molar-refractivity contribution in [2.24, 2.45) is 0 Å². The molecule has 5 heteroatoms. The van der Waals surface area contributed by atoms with Crippen LogP contribution in [0.3, 0.4) is 0 Å². The second kappa shape index (κ2) is 7.17. The van der Waals surface area contributed by atoms with Crippen molar-refractivity contribution in [3.05, 3.63) is 64.7 Å². The topological polar surface area (TPSA) is 53.4 Å². The molecule has 3 aromatic rings. The molecule has 0 spiro atoms. The molecule has 0 radical (unpaired) electrons. The number of hydrogen-bond acceptors (Lipinski definition) is 4. The van der Waals surface area contributed by atoms with E-state index >= 15 is 0 Å². The van der Waals surface area contributed by atoms with Crippen LogP contribution >= 0.6 is 0 Å². The third kappa shape index (κ3) is 3.40. The molecule has 1 aromatic heterocycles. The van der Waals surface area contributed by atoms with Gasteiger partial charge in [0.1, 0.15) is 23.9 Å². The smallest absolute Gasteiger partial charge is 0.261 e. The number of hydrogen-bond donors (Lipinski definition) is 0. The summed E-state index contributed by atoms with van der Waals surface area (Å²) in [5.74, 6) is 2.25. The van der Waals surface area contributed by atoms with Gasteiger partial charge in [-0.05, 0) is 50.2 Å². The minimum absolute atomic E-state index is 0.0339. The molecule has 0 bridgehead atoms. The second-order valence-electron chi connectivity index (χ2n) is 5.39. The lowest BCUT2D eigenvalue weighted by Gasteiger charge is -2.12. The van der Waals surface area contributed by atoms with Crippen LogP contribution in [-0.4, -0.2) is 22.8 Å². The van der Waals surface area contributed by atoms with Gasteiger partial charge in [0.25, 0.3) is 5.56 Å². The maximum absolute atomic E-state index is 12.6. The summed E-state index contributed by atoms with van der Waals surface area (Å²) in [6.45, 7) is 5.27. The molecule has 0 aliphatic rings. The molecule has 124 valence electrons. The van der Waals surface area contributed by atoms with Crippen LogP contribution in [0, 0.1) is 6.92 Å². The zero-order chi connectivity index (χ0) is 16.9. The Bertz CT molecular complexity index is 885. The molecular weight excluding hydrogens is 304 g/mol. The Morgan fingerprint density at radius 1 is 1.00 bits per heavy atom. The molecule has 0 unspecified atom stereocenters. The highest BCUT2D eigenvalue weighted by molar-refractivity contribution is 5.77. The number of benzene rings is 2. The second-order valence-corrected chi connectivity index (χ2v) is 5.39. The minimum Gasteiger partial charge on any atom is -0.494 e. The number of rotatable bonds is 6. The van der Waals surface area contributed by atoms with Crippen LogP contribution < -0.4 is 15.0 Å². The van der Waals surface area contributed by atoms with Crippen molar-refractivity contribution in [2.75, 3.05) is 13.2 Å². The van der Waals surface area contributed by atoms with Gasteiger partial charge in [-0.2, -0.15) is 0 Å². The van der Waals surface area contributed by atoms with Gasteiger partial charge in [-0.3, -0.25) is 9.36 Å². The zero-order valence-electron chi connectivity index (χ0n) is 13.9. The van der Waals surface area contributed by atoms with Crippen molar-refractivity contribution in [2.45, 2.75) is 20.4 Å². The fraction of sp³-hybridized carbons (Fsp3) is 0.263. The molecule has 0 atom stereocenters. The molecule has 2 aromatic carbocycles. The number of ether oxygens (including phenoxy) is 2. The van der Waals surface area contributed by atoms with E-state index in [2.05, 4.69) is 4.98 Å². The lowest BCUT2D eigenvalue weighted by molar-refractivity contribution is 0.293. The molecule has 0 saturated carbocycles. The van der Waals surface area contributed by atoms with Crippen LogP contribution in [0.15, 0.2) is 53.3 Å². The molecule has 0 amide bonds. The average molecular weight is 324 g/mol. The monoisotopic (exact) mass is 324 g/mol. The first-order valence-corrected chi connectivity index (χ1v) is 8.01. The fourth-order valence-corrected chi connectivity index (χ4v) is 2.60. The standard InChI is InChI=1S/C19H20N2O3/c1-3-23-15-8-10-16(11-9-15)24-13-12-21-14(2)20-18-7-5-4-6-17(18)19(21)22/h4-11H,3,12-13H2,1-2H3. The predicted octanol–water partition coefficient (Wildman–Crippen LogP) is 3.18. The van der Waals surface area contributed by atoms with Crippen LogP contribution in [0.2, 0.25) is 0 Å². The molecule has 1 heterocycles. The first-order chi connectivity index (χ1) is 11.7. The SMILES string of the molecule is CCOc1ccc(OCCn2c(C)nc3ccccc3c2=O)cc1. The van der Waals surface area contributed by atoms with Gasteiger partial charge in [-0.25, -0.2) is 4.98 Å². The average Bonchev–Trinajstić information content (AvgIpc) is 2.59. The van der Waals surface area contributed by atoms with Gasteiger partial charge in [0.15, 0.2) is 0 Å². The molecule has 0 aliphatic carbocycles. The van der Waals surface area contributed by atoms with Gasteiger partial charge >= 0.3 is 0 Å². The zero-order valence-corrected chi connectivity index (χ0v) is 13.9. The third-order valence-electron chi connectivity index (χ3n) is 3.77. The van der Waals surface area contributed by atoms with Gasteiger partial charge in [0.2, 0.25) is 0 Å². The van der Waals surface area contributed by atoms with Crippen molar-refractivity contribution in [3.8, 4) is 11.5 Å². The van der Waals surface area contributed by atoms with Gasteiger partial charge in [0.05, 0.1) is 24.1 Å². The first kappa shape index (κ1) is 16.1. The van der Waals surface area contributed by atoms with Gasteiger partial charge < -0.3 is 9.47 Å². The minimum atomic E-state index is -0.0339. The van der Waals surface area contributed by atoms with Crippen LogP contribution in [0.5, 0.6) is 11.5 Å². The Morgan fingerprint density at radius 2 is 1.67 bits per heavy atom. The summed E-state index contributed by atoms with van der Waals surface area (Å²) in [5.41, 5.74) is 0.692. The number of nitrogens with zero attached hydrogens (tertiary/aromatic N) is 2. The Labute approximate surface area is 140 Å². The molecule has 0 aliphatic heterocycles. The summed E-state index contributed by atoms with van der Waals surface area (Å²) >= 11 is 0. The summed E-state index contributed by atoms with van der Waals surface area (Å²) in [6, 6.07) is 14.8. The van der Waals surface area contributed by atoms with E-state index in [9.17, 15) is 4.79 Å². The van der Waals surface area contributed by atoms with Gasteiger partial charge in [0, 0.05) is 0 Å². The summed E-state index contributed by atoms with van der Waals surface area (Å²) in [6.07, 6.45) is 0. The van der Waals surface area contributed by atoms with E-state index in [0.29, 0.717) is 31.0 Å². The third-order valence-corrected chi connectivity index (χ3v) is 3.77. The lowest BCUT2D eigenvalue weighted by atomic mass is 10.2. The van der Waals surface area contributed by atoms with E-state index < -0.39 is 0 Å². The Morgan fingerprint density at radius 3 is 2.38 bits per heavy atom. The van der Waals surface area contributed by atoms with E-state index in [4.69, 9.17) is 9.47 Å². The van der Waals surface area contributed by atoms with Crippen molar-refractivity contribution >= 4 is 10.9 Å². The first-order valence-electron chi connectivity index (χ1n) is 8.01. The predicted molar refractivity (Wildman–Crippen MR) is 93.8 cm³/mol. The Kier molecular flexibility index (Phi) is 4.79. The maximum atomic E-state index is 12.6. The molecule has 24 heavy (non-hydrogen) atoms. The molecule has 3 rings (SSSR count). The van der Waals surface area contributed by atoms with E-state index in [1.54, 1.807) is 10.6 Å². The Hall–Kier alpha value is -2.82. The van der Waals surface area contributed by atoms with E-state index in [0.717, 1.165) is 17.0 Å². The Balaban J connectivity index is 1.70. The van der Waals surface area contributed by atoms with Gasteiger partial charge in [-0.1, -0.05) is 12.1 Å². The molecular formula is C19H20N2O3. The highest BCUT2D eigenvalue weighted by Gasteiger charge is 2.07. The number of para-hydroxylation sites is 1. The number of aromatic nitrogens is 2. The molecule has 0 fully saturated rings. The molecule has 5 nitrogen and oxygen atoms in total. The van der Waals surface area contributed by atoms with Crippen molar-refractivity contribution < 1.29 is 9.47 Å². The van der Waals surface area contributed by atoms with Crippen LogP contribution in [-0.2, 0) is 6.54 Å².